The van der Waals surface area contributed by atoms with Gasteiger partial charge in [0.1, 0.15) is 0 Å². The molecule has 5 heteroatoms. The van der Waals surface area contributed by atoms with Crippen molar-refractivity contribution >= 4 is 11.6 Å². The minimum Gasteiger partial charge on any atom is -0.370 e. The van der Waals surface area contributed by atoms with Gasteiger partial charge in [0.05, 0.1) is 0 Å². The Morgan fingerprint density at radius 2 is 1.86 bits per heavy atom. The van der Waals surface area contributed by atoms with Gasteiger partial charge in [-0.3, -0.25) is 9.89 Å². The molecule has 5 nitrogen and oxygen atoms in total. The van der Waals surface area contributed by atoms with Gasteiger partial charge < -0.3 is 16.0 Å². The predicted octanol–water partition coefficient (Wildman–Crippen LogP) is 1.27. The summed E-state index contributed by atoms with van der Waals surface area (Å²) in [5.74, 6) is 0.622. The average Bonchev–Trinajstić information content (AvgIpc) is 3.37. The van der Waals surface area contributed by atoms with E-state index in [1.165, 1.54) is 18.5 Å². The Morgan fingerprint density at radius 1 is 1.14 bits per heavy atom. The van der Waals surface area contributed by atoms with Crippen molar-refractivity contribution in [1.29, 1.82) is 0 Å². The van der Waals surface area contributed by atoms with Crippen LogP contribution in [0.5, 0.6) is 0 Å². The summed E-state index contributed by atoms with van der Waals surface area (Å²) in [5.41, 5.74) is 7.17. The third-order valence-electron chi connectivity index (χ3n) is 4.34. The molecule has 3 N–H and O–H groups in total. The first-order valence-corrected chi connectivity index (χ1v) is 8.40. The van der Waals surface area contributed by atoms with Gasteiger partial charge >= 0.3 is 0 Å². The van der Waals surface area contributed by atoms with E-state index in [1.54, 1.807) is 0 Å². The van der Waals surface area contributed by atoms with Gasteiger partial charge in [-0.15, -0.1) is 0 Å². The van der Waals surface area contributed by atoms with E-state index in [0.717, 1.165) is 45.7 Å². The highest BCUT2D eigenvalue weighted by atomic mass is 15.3. The summed E-state index contributed by atoms with van der Waals surface area (Å²) in [6.07, 6.45) is 3.56. The van der Waals surface area contributed by atoms with Crippen LogP contribution in [0.25, 0.3) is 0 Å². The van der Waals surface area contributed by atoms with Crippen LogP contribution in [-0.4, -0.2) is 56.2 Å². The van der Waals surface area contributed by atoms with Crippen LogP contribution in [0.2, 0.25) is 0 Å². The molecular formula is C17H27N5. The van der Waals surface area contributed by atoms with Crippen molar-refractivity contribution in [3.63, 3.8) is 0 Å². The number of guanidine groups is 1. The summed E-state index contributed by atoms with van der Waals surface area (Å²) in [6.45, 7) is 6.42. The lowest BCUT2D eigenvalue weighted by Crippen LogP contribution is -2.46. The van der Waals surface area contributed by atoms with Crippen LogP contribution < -0.4 is 16.0 Å². The van der Waals surface area contributed by atoms with Gasteiger partial charge in [0.2, 0.25) is 0 Å². The summed E-state index contributed by atoms with van der Waals surface area (Å²) in [6, 6.07) is 11.3. The smallest absolute Gasteiger partial charge is 0.188 e. The number of rotatable bonds is 6. The molecule has 1 saturated heterocycles. The summed E-state index contributed by atoms with van der Waals surface area (Å²) < 4.78 is 0. The predicted molar refractivity (Wildman–Crippen MR) is 92.4 cm³/mol. The van der Waals surface area contributed by atoms with Crippen molar-refractivity contribution in [2.24, 2.45) is 10.7 Å². The zero-order chi connectivity index (χ0) is 15.2. The maximum absolute atomic E-state index is 5.84. The van der Waals surface area contributed by atoms with Crippen LogP contribution in [0.4, 0.5) is 5.69 Å². The fourth-order valence-corrected chi connectivity index (χ4v) is 2.84. The van der Waals surface area contributed by atoms with Crippen molar-refractivity contribution < 1.29 is 0 Å². The molecule has 3 rings (SSSR count). The van der Waals surface area contributed by atoms with Crippen LogP contribution in [-0.2, 0) is 0 Å². The number of nitrogens with one attached hydrogen (secondary N) is 1. The van der Waals surface area contributed by atoms with Crippen LogP contribution in [0.3, 0.4) is 0 Å². The van der Waals surface area contributed by atoms with Gasteiger partial charge in [-0.25, -0.2) is 0 Å². The molecule has 0 atom stereocenters. The van der Waals surface area contributed by atoms with Gasteiger partial charge in [0, 0.05) is 51.0 Å². The van der Waals surface area contributed by atoms with E-state index < -0.39 is 0 Å². The zero-order valence-electron chi connectivity index (χ0n) is 13.2. The molecule has 1 aliphatic carbocycles. The standard InChI is InChI=1S/C17H27N5/c18-17(20-15-7-8-15)19-9-4-10-21-11-13-22(14-12-21)16-5-2-1-3-6-16/h1-3,5-6,15H,4,7-14H2,(H3,18,19,20). The Kier molecular flexibility index (Phi) is 5.16. The molecule has 120 valence electrons. The van der Waals surface area contributed by atoms with Crippen LogP contribution in [0, 0.1) is 0 Å². The van der Waals surface area contributed by atoms with E-state index in [4.69, 9.17) is 5.73 Å². The molecule has 1 saturated carbocycles. The van der Waals surface area contributed by atoms with Gasteiger partial charge in [0.25, 0.3) is 0 Å². The van der Waals surface area contributed by atoms with E-state index in [0.29, 0.717) is 12.0 Å². The normalized spacial score (nSPS) is 20.2. The van der Waals surface area contributed by atoms with E-state index >= 15 is 0 Å². The number of nitrogens with two attached hydrogens (primary N) is 1. The van der Waals surface area contributed by atoms with Crippen molar-refractivity contribution in [1.82, 2.24) is 10.2 Å². The second kappa shape index (κ2) is 7.49. The monoisotopic (exact) mass is 301 g/mol. The van der Waals surface area contributed by atoms with Gasteiger partial charge in [-0.2, -0.15) is 0 Å². The maximum Gasteiger partial charge on any atom is 0.188 e. The number of aliphatic imine (C=N–C) groups is 1. The lowest BCUT2D eigenvalue weighted by Gasteiger charge is -2.36. The quantitative estimate of drug-likeness (QED) is 0.472. The maximum atomic E-state index is 5.84. The third-order valence-corrected chi connectivity index (χ3v) is 4.34. The first-order valence-electron chi connectivity index (χ1n) is 8.40. The van der Waals surface area contributed by atoms with Crippen molar-refractivity contribution in [2.75, 3.05) is 44.2 Å². The number of piperazine rings is 1. The highest BCUT2D eigenvalue weighted by Crippen LogP contribution is 2.18. The number of nitrogens with zero attached hydrogens (tertiary/aromatic N) is 3. The van der Waals surface area contributed by atoms with E-state index in [2.05, 4.69) is 50.4 Å². The number of hydrogen-bond donors (Lipinski definition) is 2. The first kappa shape index (κ1) is 15.2. The van der Waals surface area contributed by atoms with E-state index in [-0.39, 0.29) is 0 Å². The fraction of sp³-hybridized carbons (Fsp3) is 0.588. The highest BCUT2D eigenvalue weighted by molar-refractivity contribution is 5.78. The molecule has 1 aliphatic heterocycles. The minimum atomic E-state index is 0.592. The second-order valence-corrected chi connectivity index (χ2v) is 6.20. The van der Waals surface area contributed by atoms with Crippen molar-refractivity contribution in [2.45, 2.75) is 25.3 Å². The van der Waals surface area contributed by atoms with E-state index in [9.17, 15) is 0 Å². The Morgan fingerprint density at radius 3 is 2.55 bits per heavy atom. The van der Waals surface area contributed by atoms with Crippen molar-refractivity contribution in [3.8, 4) is 0 Å². The molecule has 1 aromatic rings. The molecule has 0 aromatic heterocycles. The summed E-state index contributed by atoms with van der Waals surface area (Å²) in [7, 11) is 0. The van der Waals surface area contributed by atoms with Gasteiger partial charge in [-0.1, -0.05) is 18.2 Å². The number of anilines is 1. The Bertz CT molecular complexity index is 475. The summed E-state index contributed by atoms with van der Waals surface area (Å²) in [4.78, 5) is 9.39. The topological polar surface area (TPSA) is 56.9 Å². The lowest BCUT2D eigenvalue weighted by atomic mass is 10.2. The largest absolute Gasteiger partial charge is 0.370 e. The van der Waals surface area contributed by atoms with Crippen LogP contribution in [0.15, 0.2) is 35.3 Å². The minimum absolute atomic E-state index is 0.592. The van der Waals surface area contributed by atoms with Crippen molar-refractivity contribution in [3.05, 3.63) is 30.3 Å². The summed E-state index contributed by atoms with van der Waals surface area (Å²) >= 11 is 0. The SMILES string of the molecule is NC(=NCCCN1CCN(c2ccccc2)CC1)NC1CC1. The number of para-hydroxylation sites is 1. The average molecular weight is 301 g/mol. The Balaban J connectivity index is 1.32. The molecule has 0 spiro atoms. The lowest BCUT2D eigenvalue weighted by molar-refractivity contribution is 0.256. The molecule has 22 heavy (non-hydrogen) atoms. The van der Waals surface area contributed by atoms with Gasteiger partial charge in [-0.05, 0) is 31.4 Å². The summed E-state index contributed by atoms with van der Waals surface area (Å²) in [5, 5.41) is 3.22. The molecule has 0 unspecified atom stereocenters. The molecule has 0 radical (unpaired) electrons. The zero-order valence-corrected chi connectivity index (χ0v) is 13.2. The van der Waals surface area contributed by atoms with E-state index in [1.807, 2.05) is 0 Å². The third kappa shape index (κ3) is 4.63. The Hall–Kier alpha value is -1.75. The molecule has 0 amide bonds. The highest BCUT2D eigenvalue weighted by Gasteiger charge is 2.21. The molecular weight excluding hydrogens is 274 g/mol. The first-order chi connectivity index (χ1) is 10.8. The fourth-order valence-electron chi connectivity index (χ4n) is 2.84. The second-order valence-electron chi connectivity index (χ2n) is 6.20. The molecule has 1 aromatic carbocycles. The molecule has 0 bridgehead atoms. The number of benzene rings is 1. The van der Waals surface area contributed by atoms with Crippen LogP contribution in [0.1, 0.15) is 19.3 Å². The molecule has 1 heterocycles. The Labute approximate surface area is 133 Å². The number of hydrogen-bond acceptors (Lipinski definition) is 3. The molecule has 2 fully saturated rings. The van der Waals surface area contributed by atoms with Gasteiger partial charge in [0.15, 0.2) is 5.96 Å². The molecule has 2 aliphatic rings. The van der Waals surface area contributed by atoms with Crippen LogP contribution >= 0.6 is 0 Å².